The second-order valence-electron chi connectivity index (χ2n) is 5.96. The molecule has 0 aliphatic heterocycles. The van der Waals surface area contributed by atoms with E-state index in [1.54, 1.807) is 7.11 Å². The second-order valence-corrected chi connectivity index (χ2v) is 5.96. The number of hydrogen-bond donors (Lipinski definition) is 2. The molecule has 0 spiro atoms. The number of amides is 1. The van der Waals surface area contributed by atoms with Gasteiger partial charge in [-0.2, -0.15) is 0 Å². The zero-order chi connectivity index (χ0) is 13.3. The molecule has 4 nitrogen and oxygen atoms in total. The summed E-state index contributed by atoms with van der Waals surface area (Å²) in [4.78, 5) is 12.1. The lowest BCUT2D eigenvalue weighted by molar-refractivity contribution is -0.137. The molecule has 0 aromatic rings. The third kappa shape index (κ3) is 2.80. The molecule has 1 rings (SSSR count). The summed E-state index contributed by atoms with van der Waals surface area (Å²) in [6.45, 7) is 10.9. The highest BCUT2D eigenvalue weighted by Crippen LogP contribution is 2.42. The molecule has 1 fully saturated rings. The van der Waals surface area contributed by atoms with Crippen LogP contribution in [-0.2, 0) is 9.53 Å². The molecular weight excluding hydrogens is 216 g/mol. The van der Waals surface area contributed by atoms with E-state index in [9.17, 15) is 4.79 Å². The highest BCUT2D eigenvalue weighted by molar-refractivity contribution is 5.85. The minimum absolute atomic E-state index is 0.0205. The number of hydrogen-bond acceptors (Lipinski definition) is 3. The van der Waals surface area contributed by atoms with E-state index in [1.807, 2.05) is 20.8 Å². The predicted octanol–water partition coefficient (Wildman–Crippen LogP) is 1.30. The lowest BCUT2D eigenvalue weighted by Gasteiger charge is -2.51. The van der Waals surface area contributed by atoms with Crippen molar-refractivity contribution in [2.45, 2.75) is 58.7 Å². The van der Waals surface area contributed by atoms with Gasteiger partial charge in [0.05, 0.1) is 11.6 Å². The van der Waals surface area contributed by atoms with Crippen molar-refractivity contribution in [2.75, 3.05) is 13.7 Å². The maximum atomic E-state index is 12.1. The molecule has 1 amide bonds. The number of ether oxygens (including phenoxy) is 1. The van der Waals surface area contributed by atoms with Crippen molar-refractivity contribution >= 4 is 5.91 Å². The van der Waals surface area contributed by atoms with Crippen LogP contribution in [0.25, 0.3) is 0 Å². The molecule has 1 aliphatic carbocycles. The molecule has 0 radical (unpaired) electrons. The third-order valence-corrected chi connectivity index (χ3v) is 3.95. The topological polar surface area (TPSA) is 50.4 Å². The summed E-state index contributed by atoms with van der Waals surface area (Å²) in [7, 11) is 1.73. The highest BCUT2D eigenvalue weighted by atomic mass is 16.5. The van der Waals surface area contributed by atoms with E-state index in [0.29, 0.717) is 0 Å². The van der Waals surface area contributed by atoms with Gasteiger partial charge in [0.25, 0.3) is 0 Å². The monoisotopic (exact) mass is 242 g/mol. The second kappa shape index (κ2) is 4.94. The summed E-state index contributed by atoms with van der Waals surface area (Å²) >= 11 is 0. The van der Waals surface area contributed by atoms with Crippen molar-refractivity contribution in [3.05, 3.63) is 0 Å². The molecule has 17 heavy (non-hydrogen) atoms. The van der Waals surface area contributed by atoms with Gasteiger partial charge in [-0.1, -0.05) is 20.8 Å². The van der Waals surface area contributed by atoms with Crippen LogP contribution in [-0.4, -0.2) is 37.2 Å². The van der Waals surface area contributed by atoms with Gasteiger partial charge in [-0.15, -0.1) is 0 Å². The quantitative estimate of drug-likeness (QED) is 0.764. The minimum atomic E-state index is -0.511. The van der Waals surface area contributed by atoms with E-state index in [2.05, 4.69) is 24.5 Å². The zero-order valence-corrected chi connectivity index (χ0v) is 11.9. The van der Waals surface area contributed by atoms with Crippen molar-refractivity contribution in [3.8, 4) is 0 Å². The Balaban J connectivity index is 2.54. The molecule has 0 saturated heterocycles. The van der Waals surface area contributed by atoms with Gasteiger partial charge in [-0.3, -0.25) is 4.79 Å². The summed E-state index contributed by atoms with van der Waals surface area (Å²) in [5.41, 5.74) is -0.490. The van der Waals surface area contributed by atoms with Crippen LogP contribution in [0.5, 0.6) is 0 Å². The Kier molecular flexibility index (Phi) is 4.20. The van der Waals surface area contributed by atoms with Crippen LogP contribution < -0.4 is 10.6 Å². The molecule has 1 aliphatic rings. The van der Waals surface area contributed by atoms with Crippen LogP contribution in [0.3, 0.4) is 0 Å². The Morgan fingerprint density at radius 1 is 1.47 bits per heavy atom. The zero-order valence-electron chi connectivity index (χ0n) is 11.9. The van der Waals surface area contributed by atoms with Crippen LogP contribution in [0.4, 0.5) is 0 Å². The Hall–Kier alpha value is -0.610. The summed E-state index contributed by atoms with van der Waals surface area (Å²) < 4.78 is 5.38. The number of methoxy groups -OCH3 is 1. The molecule has 0 aromatic heterocycles. The lowest BCUT2D eigenvalue weighted by Crippen LogP contribution is -2.65. The average Bonchev–Trinajstić information content (AvgIpc) is 2.23. The summed E-state index contributed by atoms with van der Waals surface area (Å²) in [6.07, 6.45) is 1.15. The maximum absolute atomic E-state index is 12.1. The number of rotatable bonds is 5. The fourth-order valence-corrected chi connectivity index (χ4v) is 2.39. The molecule has 0 heterocycles. The van der Waals surface area contributed by atoms with Gasteiger partial charge in [-0.25, -0.2) is 0 Å². The van der Waals surface area contributed by atoms with Crippen LogP contribution in [0, 0.1) is 5.41 Å². The normalized spacial score (nSPS) is 27.4. The first-order chi connectivity index (χ1) is 7.75. The van der Waals surface area contributed by atoms with Gasteiger partial charge in [0, 0.05) is 18.6 Å². The van der Waals surface area contributed by atoms with Crippen molar-refractivity contribution < 1.29 is 9.53 Å². The van der Waals surface area contributed by atoms with Crippen molar-refractivity contribution in [1.29, 1.82) is 0 Å². The fraction of sp³-hybridized carbons (Fsp3) is 0.923. The van der Waals surface area contributed by atoms with Gasteiger partial charge in [0.2, 0.25) is 5.91 Å². The van der Waals surface area contributed by atoms with Gasteiger partial charge in [0.15, 0.2) is 0 Å². The van der Waals surface area contributed by atoms with E-state index in [0.717, 1.165) is 13.0 Å². The van der Waals surface area contributed by atoms with Crippen LogP contribution in [0.15, 0.2) is 0 Å². The molecule has 2 atom stereocenters. The first-order valence-corrected chi connectivity index (χ1v) is 6.34. The fourth-order valence-electron chi connectivity index (χ4n) is 2.39. The minimum Gasteiger partial charge on any atom is -0.381 e. The smallest absolute Gasteiger partial charge is 0.239 e. The van der Waals surface area contributed by atoms with E-state index in [1.165, 1.54) is 0 Å². The third-order valence-electron chi connectivity index (χ3n) is 3.95. The maximum Gasteiger partial charge on any atom is 0.239 e. The molecular formula is C13H26N2O2. The molecule has 1 saturated carbocycles. The van der Waals surface area contributed by atoms with E-state index in [4.69, 9.17) is 4.74 Å². The van der Waals surface area contributed by atoms with Gasteiger partial charge >= 0.3 is 0 Å². The number of carbonyl (C=O) groups excluding carboxylic acids is 1. The Morgan fingerprint density at radius 2 is 2.06 bits per heavy atom. The SMILES string of the molecule is CCNC(C)(C)C(=O)NC1CC(OC)C1(C)C. The standard InChI is InChI=1S/C13H26N2O2/c1-7-14-13(4,5)11(16)15-9-8-10(17-6)12(9,2)3/h9-10,14H,7-8H2,1-6H3,(H,15,16). The number of likely N-dealkylation sites (N-methyl/N-ethyl adjacent to an activating group) is 1. The lowest BCUT2D eigenvalue weighted by atomic mass is 9.64. The highest BCUT2D eigenvalue weighted by Gasteiger charge is 2.50. The predicted molar refractivity (Wildman–Crippen MR) is 68.9 cm³/mol. The van der Waals surface area contributed by atoms with Crippen molar-refractivity contribution in [3.63, 3.8) is 0 Å². The molecule has 4 heteroatoms. The molecule has 100 valence electrons. The summed E-state index contributed by atoms with van der Waals surface area (Å²) in [5, 5.41) is 6.30. The van der Waals surface area contributed by atoms with Crippen LogP contribution >= 0.6 is 0 Å². The summed E-state index contributed by atoms with van der Waals surface area (Å²) in [5.74, 6) is 0.0620. The van der Waals surface area contributed by atoms with Crippen LogP contribution in [0.1, 0.15) is 41.0 Å². The average molecular weight is 242 g/mol. The van der Waals surface area contributed by atoms with E-state index < -0.39 is 5.54 Å². The van der Waals surface area contributed by atoms with E-state index >= 15 is 0 Å². The van der Waals surface area contributed by atoms with Crippen LogP contribution in [0.2, 0.25) is 0 Å². The van der Waals surface area contributed by atoms with Gasteiger partial charge < -0.3 is 15.4 Å². The van der Waals surface area contributed by atoms with Gasteiger partial charge in [-0.05, 0) is 26.8 Å². The van der Waals surface area contributed by atoms with Gasteiger partial charge in [0.1, 0.15) is 0 Å². The Bertz CT molecular complexity index is 287. The van der Waals surface area contributed by atoms with Crippen molar-refractivity contribution in [1.82, 2.24) is 10.6 Å². The largest absolute Gasteiger partial charge is 0.381 e. The van der Waals surface area contributed by atoms with Crippen molar-refractivity contribution in [2.24, 2.45) is 5.41 Å². The van der Waals surface area contributed by atoms with E-state index in [-0.39, 0.29) is 23.5 Å². The first-order valence-electron chi connectivity index (χ1n) is 6.34. The Morgan fingerprint density at radius 3 is 2.47 bits per heavy atom. The Labute approximate surface area is 104 Å². The molecule has 2 N–H and O–H groups in total. The number of nitrogens with one attached hydrogen (secondary N) is 2. The molecule has 0 bridgehead atoms. The molecule has 2 unspecified atom stereocenters. The number of carbonyl (C=O) groups is 1. The summed E-state index contributed by atoms with van der Waals surface area (Å²) in [6, 6.07) is 0.206. The first kappa shape index (κ1) is 14.5. The molecule has 0 aromatic carbocycles.